The average molecular weight is 411 g/mol. The van der Waals surface area contributed by atoms with Crippen LogP contribution in [-0.2, 0) is 16.1 Å². The van der Waals surface area contributed by atoms with E-state index in [0.29, 0.717) is 18.7 Å². The SMILES string of the molecule is CC[C@@H](C(=O)NC(C)C)N(Cc1ccccc1C)C(=O)COc1cccc(C)c1C. The molecule has 2 rings (SSSR count). The molecule has 162 valence electrons. The monoisotopic (exact) mass is 410 g/mol. The van der Waals surface area contributed by atoms with E-state index in [1.807, 2.05) is 84.0 Å². The van der Waals surface area contributed by atoms with Crippen molar-refractivity contribution >= 4 is 11.8 Å². The van der Waals surface area contributed by atoms with Gasteiger partial charge in [-0.15, -0.1) is 0 Å². The van der Waals surface area contributed by atoms with Gasteiger partial charge in [0.15, 0.2) is 6.61 Å². The molecular formula is C25H34N2O3. The summed E-state index contributed by atoms with van der Waals surface area (Å²) < 4.78 is 5.86. The number of aryl methyl sites for hydroxylation is 2. The molecule has 0 aliphatic carbocycles. The van der Waals surface area contributed by atoms with Gasteiger partial charge in [0, 0.05) is 12.6 Å². The first-order valence-electron chi connectivity index (χ1n) is 10.6. The fourth-order valence-corrected chi connectivity index (χ4v) is 3.37. The van der Waals surface area contributed by atoms with Gasteiger partial charge in [-0.3, -0.25) is 9.59 Å². The van der Waals surface area contributed by atoms with E-state index < -0.39 is 6.04 Å². The Morgan fingerprint density at radius 1 is 1.00 bits per heavy atom. The zero-order chi connectivity index (χ0) is 22.3. The molecule has 0 aliphatic rings. The van der Waals surface area contributed by atoms with Gasteiger partial charge in [0.05, 0.1) is 0 Å². The third kappa shape index (κ3) is 6.09. The van der Waals surface area contributed by atoms with E-state index in [9.17, 15) is 9.59 Å². The van der Waals surface area contributed by atoms with Gasteiger partial charge in [0.2, 0.25) is 5.91 Å². The summed E-state index contributed by atoms with van der Waals surface area (Å²) in [5, 5.41) is 2.95. The molecule has 0 heterocycles. The minimum absolute atomic E-state index is 0.00755. The molecule has 0 saturated carbocycles. The highest BCUT2D eigenvalue weighted by molar-refractivity contribution is 5.88. The lowest BCUT2D eigenvalue weighted by molar-refractivity contribution is -0.143. The summed E-state index contributed by atoms with van der Waals surface area (Å²) in [6, 6.07) is 13.2. The molecule has 5 nitrogen and oxygen atoms in total. The molecular weight excluding hydrogens is 376 g/mol. The first-order chi connectivity index (χ1) is 14.2. The number of carbonyl (C=O) groups excluding carboxylic acids is 2. The van der Waals surface area contributed by atoms with Crippen molar-refractivity contribution < 1.29 is 14.3 Å². The van der Waals surface area contributed by atoms with Gasteiger partial charge < -0.3 is 15.0 Å². The molecule has 1 atom stereocenters. The van der Waals surface area contributed by atoms with Crippen LogP contribution in [0.2, 0.25) is 0 Å². The van der Waals surface area contributed by atoms with E-state index in [1.165, 1.54) is 0 Å². The van der Waals surface area contributed by atoms with Crippen molar-refractivity contribution in [1.82, 2.24) is 10.2 Å². The molecule has 0 radical (unpaired) electrons. The fourth-order valence-electron chi connectivity index (χ4n) is 3.37. The van der Waals surface area contributed by atoms with Crippen molar-refractivity contribution in [2.75, 3.05) is 6.61 Å². The molecule has 0 bridgehead atoms. The Kier molecular flexibility index (Phi) is 8.46. The Balaban J connectivity index is 2.26. The van der Waals surface area contributed by atoms with Crippen LogP contribution in [-0.4, -0.2) is 35.4 Å². The van der Waals surface area contributed by atoms with Crippen LogP contribution in [0.4, 0.5) is 0 Å². The largest absolute Gasteiger partial charge is 0.483 e. The number of hydrogen-bond donors (Lipinski definition) is 1. The van der Waals surface area contributed by atoms with E-state index in [1.54, 1.807) is 4.90 Å². The number of ether oxygens (including phenoxy) is 1. The summed E-state index contributed by atoms with van der Waals surface area (Å²) in [4.78, 5) is 27.7. The average Bonchev–Trinajstić information content (AvgIpc) is 2.69. The molecule has 0 saturated heterocycles. The number of benzene rings is 2. The third-order valence-electron chi connectivity index (χ3n) is 5.32. The second-order valence-electron chi connectivity index (χ2n) is 8.02. The highest BCUT2D eigenvalue weighted by atomic mass is 16.5. The minimum Gasteiger partial charge on any atom is -0.483 e. The molecule has 1 N–H and O–H groups in total. The summed E-state index contributed by atoms with van der Waals surface area (Å²) in [5.74, 6) is 0.352. The summed E-state index contributed by atoms with van der Waals surface area (Å²) in [6.45, 7) is 12.0. The summed E-state index contributed by atoms with van der Waals surface area (Å²) in [5.41, 5.74) is 4.23. The van der Waals surface area contributed by atoms with Crippen LogP contribution in [0, 0.1) is 20.8 Å². The number of hydrogen-bond acceptors (Lipinski definition) is 3. The van der Waals surface area contributed by atoms with E-state index in [-0.39, 0.29) is 24.5 Å². The van der Waals surface area contributed by atoms with Gasteiger partial charge in [0.1, 0.15) is 11.8 Å². The normalized spacial score (nSPS) is 11.8. The smallest absolute Gasteiger partial charge is 0.261 e. The maximum atomic E-state index is 13.2. The van der Waals surface area contributed by atoms with Gasteiger partial charge in [-0.05, 0) is 69.4 Å². The standard InChI is InChI=1S/C25H34N2O3/c1-7-22(25(29)26-17(2)3)27(15-21-13-9-8-11-19(21)5)24(28)16-30-23-14-10-12-18(4)20(23)6/h8-14,17,22H,7,15-16H2,1-6H3,(H,26,29)/t22-/m0/s1. The predicted molar refractivity (Wildman–Crippen MR) is 120 cm³/mol. The van der Waals surface area contributed by atoms with Crippen molar-refractivity contribution in [1.29, 1.82) is 0 Å². The van der Waals surface area contributed by atoms with Crippen molar-refractivity contribution in [2.45, 2.75) is 66.6 Å². The van der Waals surface area contributed by atoms with Gasteiger partial charge in [-0.1, -0.05) is 43.3 Å². The molecule has 0 aromatic heterocycles. The number of nitrogens with one attached hydrogen (secondary N) is 1. The zero-order valence-corrected chi connectivity index (χ0v) is 19.0. The molecule has 0 spiro atoms. The molecule has 0 aliphatic heterocycles. The van der Waals surface area contributed by atoms with E-state index in [4.69, 9.17) is 4.74 Å². The van der Waals surface area contributed by atoms with Gasteiger partial charge in [-0.2, -0.15) is 0 Å². The number of amides is 2. The molecule has 2 amide bonds. The molecule has 2 aromatic carbocycles. The number of nitrogens with zero attached hydrogens (tertiary/aromatic N) is 1. The number of rotatable bonds is 9. The first-order valence-corrected chi connectivity index (χ1v) is 10.6. The maximum absolute atomic E-state index is 13.2. The van der Waals surface area contributed by atoms with Gasteiger partial charge in [-0.25, -0.2) is 0 Å². The van der Waals surface area contributed by atoms with Crippen LogP contribution in [0.3, 0.4) is 0 Å². The van der Waals surface area contributed by atoms with Crippen molar-refractivity contribution in [2.24, 2.45) is 0 Å². The topological polar surface area (TPSA) is 58.6 Å². The Labute approximate surface area is 180 Å². The van der Waals surface area contributed by atoms with Crippen molar-refractivity contribution in [3.05, 3.63) is 64.7 Å². The quantitative estimate of drug-likeness (QED) is 0.670. The fraction of sp³-hybridized carbons (Fsp3) is 0.440. The minimum atomic E-state index is -0.554. The highest BCUT2D eigenvalue weighted by Gasteiger charge is 2.29. The Hall–Kier alpha value is -2.82. The first kappa shape index (κ1) is 23.5. The molecule has 2 aromatic rings. The Bertz CT molecular complexity index is 876. The van der Waals surface area contributed by atoms with Crippen LogP contribution in [0.25, 0.3) is 0 Å². The lowest BCUT2D eigenvalue weighted by Crippen LogP contribution is -2.51. The second kappa shape index (κ2) is 10.8. The summed E-state index contributed by atoms with van der Waals surface area (Å²) in [6.07, 6.45) is 0.527. The predicted octanol–water partition coefficient (Wildman–Crippen LogP) is 4.32. The number of carbonyl (C=O) groups is 2. The van der Waals surface area contributed by atoms with Crippen LogP contribution in [0.1, 0.15) is 49.4 Å². The van der Waals surface area contributed by atoms with E-state index >= 15 is 0 Å². The lowest BCUT2D eigenvalue weighted by Gasteiger charge is -2.31. The van der Waals surface area contributed by atoms with Crippen molar-refractivity contribution in [3.8, 4) is 5.75 Å². The van der Waals surface area contributed by atoms with E-state index in [0.717, 1.165) is 22.3 Å². The van der Waals surface area contributed by atoms with Crippen molar-refractivity contribution in [3.63, 3.8) is 0 Å². The van der Waals surface area contributed by atoms with Crippen LogP contribution in [0.15, 0.2) is 42.5 Å². The van der Waals surface area contributed by atoms with Gasteiger partial charge in [0.25, 0.3) is 5.91 Å². The Morgan fingerprint density at radius 3 is 2.30 bits per heavy atom. The summed E-state index contributed by atoms with van der Waals surface area (Å²) >= 11 is 0. The van der Waals surface area contributed by atoms with Crippen LogP contribution >= 0.6 is 0 Å². The second-order valence-corrected chi connectivity index (χ2v) is 8.02. The van der Waals surface area contributed by atoms with Crippen LogP contribution in [0.5, 0.6) is 5.75 Å². The maximum Gasteiger partial charge on any atom is 0.261 e. The van der Waals surface area contributed by atoms with E-state index in [2.05, 4.69) is 5.32 Å². The lowest BCUT2D eigenvalue weighted by atomic mass is 10.1. The third-order valence-corrected chi connectivity index (χ3v) is 5.32. The van der Waals surface area contributed by atoms with Gasteiger partial charge >= 0.3 is 0 Å². The molecule has 0 unspecified atom stereocenters. The summed E-state index contributed by atoms with van der Waals surface area (Å²) in [7, 11) is 0. The Morgan fingerprint density at radius 2 is 1.67 bits per heavy atom. The highest BCUT2D eigenvalue weighted by Crippen LogP contribution is 2.21. The molecule has 0 fully saturated rings. The molecule has 5 heteroatoms. The zero-order valence-electron chi connectivity index (χ0n) is 19.0. The van der Waals surface area contributed by atoms with Crippen LogP contribution < -0.4 is 10.1 Å². The molecule has 30 heavy (non-hydrogen) atoms.